The van der Waals surface area contributed by atoms with E-state index in [4.69, 9.17) is 0 Å². The summed E-state index contributed by atoms with van der Waals surface area (Å²) in [6.07, 6.45) is 7.19. The summed E-state index contributed by atoms with van der Waals surface area (Å²) in [6, 6.07) is 12.4. The van der Waals surface area contributed by atoms with Crippen molar-refractivity contribution in [1.29, 1.82) is 0 Å². The summed E-state index contributed by atoms with van der Waals surface area (Å²) in [5, 5.41) is 7.31. The Morgan fingerprint density at radius 1 is 1.17 bits per heavy atom. The molecule has 3 heterocycles. The molecule has 24 heavy (non-hydrogen) atoms. The van der Waals surface area contributed by atoms with Gasteiger partial charge in [-0.1, -0.05) is 24.3 Å². The predicted molar refractivity (Wildman–Crippen MR) is 93.9 cm³/mol. The van der Waals surface area contributed by atoms with Gasteiger partial charge in [0, 0.05) is 42.2 Å². The number of H-pyrrole nitrogens is 1. The summed E-state index contributed by atoms with van der Waals surface area (Å²) in [5.74, 6) is 0.719. The van der Waals surface area contributed by atoms with E-state index in [1.807, 2.05) is 25.1 Å². The van der Waals surface area contributed by atoms with Gasteiger partial charge in [-0.3, -0.25) is 10.1 Å². The summed E-state index contributed by atoms with van der Waals surface area (Å²) < 4.78 is 0. The number of aliphatic imine (C=N–C) groups is 1. The molecule has 0 spiro atoms. The third-order valence-electron chi connectivity index (χ3n) is 3.93. The van der Waals surface area contributed by atoms with Crippen molar-refractivity contribution in [2.45, 2.75) is 19.8 Å². The molecule has 0 bridgehead atoms. The zero-order valence-corrected chi connectivity index (χ0v) is 13.4. The summed E-state index contributed by atoms with van der Waals surface area (Å²) >= 11 is 0. The van der Waals surface area contributed by atoms with Crippen molar-refractivity contribution < 1.29 is 0 Å². The van der Waals surface area contributed by atoms with Crippen LogP contribution in [-0.4, -0.2) is 25.9 Å². The molecule has 2 aromatic heterocycles. The second-order valence-electron chi connectivity index (χ2n) is 5.85. The van der Waals surface area contributed by atoms with Gasteiger partial charge in [-0.25, -0.2) is 9.97 Å². The molecule has 0 radical (unpaired) electrons. The Morgan fingerprint density at radius 2 is 2.12 bits per heavy atom. The number of nitrogens with zero attached hydrogens (tertiary/aromatic N) is 4. The summed E-state index contributed by atoms with van der Waals surface area (Å²) in [7, 11) is 0. The summed E-state index contributed by atoms with van der Waals surface area (Å²) in [4.78, 5) is 13.3. The maximum Gasteiger partial charge on any atom is 0.174 e. The van der Waals surface area contributed by atoms with Gasteiger partial charge in [-0.15, -0.1) is 0 Å². The zero-order chi connectivity index (χ0) is 16.4. The first-order chi connectivity index (χ1) is 11.8. The molecule has 0 unspecified atom stereocenters. The number of hydrogen-bond acceptors (Lipinski definition) is 4. The lowest BCUT2D eigenvalue weighted by atomic mass is 10.0. The number of aromatic nitrogens is 4. The molecular formula is C19H17N5. The highest BCUT2D eigenvalue weighted by Crippen LogP contribution is 2.20. The molecule has 0 saturated heterocycles. The van der Waals surface area contributed by atoms with Gasteiger partial charge in [0.2, 0.25) is 0 Å². The molecule has 0 amide bonds. The minimum atomic E-state index is 0.719. The Balaban J connectivity index is 1.58. The van der Waals surface area contributed by atoms with Crippen LogP contribution in [0.4, 0.5) is 0 Å². The van der Waals surface area contributed by atoms with Crippen molar-refractivity contribution in [2.24, 2.45) is 4.99 Å². The average Bonchev–Trinajstić information content (AvgIpc) is 3.27. The lowest BCUT2D eigenvalue weighted by molar-refractivity contribution is 1.01. The van der Waals surface area contributed by atoms with Crippen LogP contribution in [0.15, 0.2) is 59.9 Å². The van der Waals surface area contributed by atoms with Gasteiger partial charge in [0.25, 0.3) is 0 Å². The zero-order valence-electron chi connectivity index (χ0n) is 13.4. The number of rotatable bonds is 4. The number of benzene rings is 1. The predicted octanol–water partition coefficient (Wildman–Crippen LogP) is 3.47. The smallest absolute Gasteiger partial charge is 0.174 e. The van der Waals surface area contributed by atoms with Crippen LogP contribution in [0.25, 0.3) is 11.3 Å². The van der Waals surface area contributed by atoms with Gasteiger partial charge < -0.3 is 0 Å². The van der Waals surface area contributed by atoms with Crippen molar-refractivity contribution in [3.63, 3.8) is 0 Å². The molecule has 1 N–H and O–H groups in total. The maximum atomic E-state index is 4.65. The highest BCUT2D eigenvalue weighted by molar-refractivity contribution is 5.99. The average molecular weight is 315 g/mol. The van der Waals surface area contributed by atoms with Gasteiger partial charge in [0.05, 0.1) is 11.4 Å². The fraction of sp³-hybridized carbons (Fsp3) is 0.158. The van der Waals surface area contributed by atoms with Crippen molar-refractivity contribution >= 4 is 5.71 Å². The van der Waals surface area contributed by atoms with E-state index in [1.54, 1.807) is 12.4 Å². The van der Waals surface area contributed by atoms with Crippen molar-refractivity contribution in [1.82, 2.24) is 20.2 Å². The van der Waals surface area contributed by atoms with Crippen LogP contribution in [0.5, 0.6) is 0 Å². The monoisotopic (exact) mass is 315 g/mol. The molecule has 3 aromatic rings. The van der Waals surface area contributed by atoms with Crippen LogP contribution < -0.4 is 0 Å². The molecule has 1 aliphatic rings. The Hall–Kier alpha value is -3.08. The van der Waals surface area contributed by atoms with E-state index in [1.165, 1.54) is 5.56 Å². The Kier molecular flexibility index (Phi) is 3.75. The Labute approximate surface area is 140 Å². The third kappa shape index (κ3) is 3.01. The number of aryl methyl sites for hydroxylation is 1. The van der Waals surface area contributed by atoms with E-state index >= 15 is 0 Å². The van der Waals surface area contributed by atoms with E-state index in [-0.39, 0.29) is 0 Å². The number of aromatic amines is 1. The highest BCUT2D eigenvalue weighted by atomic mass is 15.1. The minimum Gasteiger partial charge on any atom is -0.282 e. The topological polar surface area (TPSA) is 66.8 Å². The first-order valence-electron chi connectivity index (χ1n) is 7.93. The second-order valence-corrected chi connectivity index (χ2v) is 5.85. The second kappa shape index (κ2) is 6.20. The maximum absolute atomic E-state index is 4.65. The van der Waals surface area contributed by atoms with E-state index in [2.05, 4.69) is 49.4 Å². The van der Waals surface area contributed by atoms with E-state index in [0.29, 0.717) is 0 Å². The van der Waals surface area contributed by atoms with Crippen LogP contribution in [0.3, 0.4) is 0 Å². The molecule has 5 heteroatoms. The van der Waals surface area contributed by atoms with Crippen LogP contribution in [0, 0.1) is 6.92 Å². The van der Waals surface area contributed by atoms with Gasteiger partial charge in [-0.05, 0) is 30.7 Å². The molecule has 1 aromatic carbocycles. The molecule has 4 rings (SSSR count). The summed E-state index contributed by atoms with van der Waals surface area (Å²) in [6.45, 7) is 2.00. The standard InChI is InChI=1S/C19H17N5/c1-13-10-18(24-23-13)15-5-2-4-14(11-15)12-16-7-9-21-19(22-16)17-6-3-8-20-17/h2-5,7-11H,6,12H2,1H3,(H,23,24). The van der Waals surface area contributed by atoms with Crippen molar-refractivity contribution in [2.75, 3.05) is 0 Å². The SMILES string of the molecule is Cc1cc(-c2cccc(Cc3ccnc(C4=NC=CC4)n3)c2)n[nH]1. The minimum absolute atomic E-state index is 0.719. The van der Waals surface area contributed by atoms with Gasteiger partial charge in [-0.2, -0.15) is 5.10 Å². The normalized spacial score (nSPS) is 13.3. The van der Waals surface area contributed by atoms with Gasteiger partial charge in [0.1, 0.15) is 0 Å². The molecule has 0 saturated carbocycles. The number of allylic oxidation sites excluding steroid dienone is 1. The highest BCUT2D eigenvalue weighted by Gasteiger charge is 2.10. The fourth-order valence-corrected chi connectivity index (χ4v) is 2.76. The third-order valence-corrected chi connectivity index (χ3v) is 3.93. The van der Waals surface area contributed by atoms with Crippen LogP contribution in [0.1, 0.15) is 29.2 Å². The van der Waals surface area contributed by atoms with E-state index in [9.17, 15) is 0 Å². The number of nitrogens with one attached hydrogen (secondary N) is 1. The lowest BCUT2D eigenvalue weighted by Crippen LogP contribution is -2.06. The molecule has 0 fully saturated rings. The molecular weight excluding hydrogens is 298 g/mol. The van der Waals surface area contributed by atoms with Crippen LogP contribution in [-0.2, 0) is 6.42 Å². The van der Waals surface area contributed by atoms with Crippen LogP contribution >= 0.6 is 0 Å². The molecule has 118 valence electrons. The molecule has 0 aliphatic carbocycles. The van der Waals surface area contributed by atoms with E-state index < -0.39 is 0 Å². The first-order valence-corrected chi connectivity index (χ1v) is 7.93. The molecule has 0 atom stereocenters. The largest absolute Gasteiger partial charge is 0.282 e. The lowest BCUT2D eigenvalue weighted by Gasteiger charge is -2.05. The fourth-order valence-electron chi connectivity index (χ4n) is 2.76. The molecule has 1 aliphatic heterocycles. The van der Waals surface area contributed by atoms with E-state index in [0.717, 1.165) is 47.0 Å². The Morgan fingerprint density at radius 3 is 2.92 bits per heavy atom. The number of hydrogen-bond donors (Lipinski definition) is 1. The van der Waals surface area contributed by atoms with Crippen molar-refractivity contribution in [3.8, 4) is 11.3 Å². The van der Waals surface area contributed by atoms with Gasteiger partial charge in [0.15, 0.2) is 5.82 Å². The van der Waals surface area contributed by atoms with Gasteiger partial charge >= 0.3 is 0 Å². The Bertz CT molecular complexity index is 936. The van der Waals surface area contributed by atoms with Crippen molar-refractivity contribution in [3.05, 3.63) is 77.6 Å². The first kappa shape index (κ1) is 14.5. The molecule has 5 nitrogen and oxygen atoms in total. The summed E-state index contributed by atoms with van der Waals surface area (Å²) in [5.41, 5.74) is 6.24. The quantitative estimate of drug-likeness (QED) is 0.801. The van der Waals surface area contributed by atoms with Crippen LogP contribution in [0.2, 0.25) is 0 Å².